The van der Waals surface area contributed by atoms with Crippen molar-refractivity contribution in [1.82, 2.24) is 4.90 Å². The first-order chi connectivity index (χ1) is 10.1. The Morgan fingerprint density at radius 3 is 2.43 bits per heavy atom. The predicted molar refractivity (Wildman–Crippen MR) is 80.8 cm³/mol. The van der Waals surface area contributed by atoms with Gasteiger partial charge < -0.3 is 20.1 Å². The van der Waals surface area contributed by atoms with Gasteiger partial charge in [-0.15, -0.1) is 0 Å². The quantitative estimate of drug-likeness (QED) is 0.552. The smallest absolute Gasteiger partial charge is 0.277 e. The average molecular weight is 297 g/mol. The molecular weight excluding hydrogens is 274 g/mol. The Hall–Kier alpha value is -1.86. The summed E-state index contributed by atoms with van der Waals surface area (Å²) >= 11 is 0. The lowest BCUT2D eigenvalue weighted by Gasteiger charge is -2.19. The van der Waals surface area contributed by atoms with E-state index in [2.05, 4.69) is 18.7 Å². The number of nitrogens with two attached hydrogens (primary N) is 1. The number of methoxy groups -OCH3 is 1. The van der Waals surface area contributed by atoms with Crippen LogP contribution in [0.25, 0.3) is 0 Å². The van der Waals surface area contributed by atoms with Crippen LogP contribution in [0.4, 0.5) is 5.69 Å². The van der Waals surface area contributed by atoms with Gasteiger partial charge in [-0.3, -0.25) is 10.1 Å². The Morgan fingerprint density at radius 2 is 1.95 bits per heavy atom. The number of likely N-dealkylation sites (N-methyl/N-ethyl adjacent to an activating group) is 1. The van der Waals surface area contributed by atoms with Gasteiger partial charge in [-0.25, -0.2) is 0 Å². The summed E-state index contributed by atoms with van der Waals surface area (Å²) in [6.45, 7) is 7.29. The van der Waals surface area contributed by atoms with E-state index < -0.39 is 4.92 Å². The van der Waals surface area contributed by atoms with Crippen molar-refractivity contribution in [2.75, 3.05) is 33.4 Å². The highest BCUT2D eigenvalue weighted by atomic mass is 16.6. The minimum Gasteiger partial charge on any atom is -0.493 e. The lowest BCUT2D eigenvalue weighted by atomic mass is 10.1. The van der Waals surface area contributed by atoms with Crippen molar-refractivity contribution in [2.45, 2.75) is 20.4 Å². The first-order valence-corrected chi connectivity index (χ1v) is 6.97. The van der Waals surface area contributed by atoms with Crippen molar-refractivity contribution in [1.29, 1.82) is 0 Å². The third-order valence-electron chi connectivity index (χ3n) is 3.34. The van der Waals surface area contributed by atoms with E-state index in [0.717, 1.165) is 19.6 Å². The average Bonchev–Trinajstić information content (AvgIpc) is 2.50. The van der Waals surface area contributed by atoms with Gasteiger partial charge in [0, 0.05) is 18.7 Å². The van der Waals surface area contributed by atoms with Crippen LogP contribution in [0, 0.1) is 10.1 Å². The summed E-state index contributed by atoms with van der Waals surface area (Å²) in [4.78, 5) is 12.8. The fraction of sp³-hybridized carbons (Fsp3) is 0.571. The highest BCUT2D eigenvalue weighted by Crippen LogP contribution is 2.34. The Labute approximate surface area is 124 Å². The molecule has 0 aromatic heterocycles. The lowest BCUT2D eigenvalue weighted by Crippen LogP contribution is -2.28. The fourth-order valence-corrected chi connectivity index (χ4v) is 2.02. The minimum absolute atomic E-state index is 0.0452. The summed E-state index contributed by atoms with van der Waals surface area (Å²) in [5.74, 6) is 0.828. The molecule has 0 aliphatic heterocycles. The monoisotopic (exact) mass is 297 g/mol. The topological polar surface area (TPSA) is 90.9 Å². The maximum atomic E-state index is 11.1. The van der Waals surface area contributed by atoms with Crippen LogP contribution in [0.2, 0.25) is 0 Å². The largest absolute Gasteiger partial charge is 0.493 e. The molecule has 2 N–H and O–H groups in total. The highest BCUT2D eigenvalue weighted by molar-refractivity contribution is 5.54. The first kappa shape index (κ1) is 17.2. The Balaban J connectivity index is 2.89. The SMILES string of the molecule is CCN(CC)CCOc1cc([N+](=O)[O-])c(CN)cc1OC. The molecule has 1 aromatic rings. The molecule has 0 saturated heterocycles. The Morgan fingerprint density at radius 1 is 1.29 bits per heavy atom. The molecule has 118 valence electrons. The molecule has 7 nitrogen and oxygen atoms in total. The zero-order chi connectivity index (χ0) is 15.8. The first-order valence-electron chi connectivity index (χ1n) is 6.97. The molecule has 0 aliphatic rings. The second-order valence-electron chi connectivity index (χ2n) is 4.47. The van der Waals surface area contributed by atoms with Gasteiger partial charge in [-0.1, -0.05) is 13.8 Å². The van der Waals surface area contributed by atoms with Gasteiger partial charge in [0.05, 0.1) is 18.1 Å². The molecule has 7 heteroatoms. The van der Waals surface area contributed by atoms with Gasteiger partial charge in [-0.2, -0.15) is 0 Å². The van der Waals surface area contributed by atoms with Crippen molar-refractivity contribution in [2.24, 2.45) is 5.73 Å². The molecule has 0 saturated carbocycles. The van der Waals surface area contributed by atoms with E-state index in [4.69, 9.17) is 15.2 Å². The summed E-state index contributed by atoms with van der Waals surface area (Å²) in [6, 6.07) is 2.94. The van der Waals surface area contributed by atoms with Crippen LogP contribution in [0.5, 0.6) is 11.5 Å². The van der Waals surface area contributed by atoms with E-state index in [1.54, 1.807) is 6.07 Å². The maximum absolute atomic E-state index is 11.1. The predicted octanol–water partition coefficient (Wildman–Crippen LogP) is 1.78. The molecule has 0 radical (unpaired) electrons. The summed E-state index contributed by atoms with van der Waals surface area (Å²) in [5.41, 5.74) is 5.91. The highest BCUT2D eigenvalue weighted by Gasteiger charge is 2.18. The van der Waals surface area contributed by atoms with E-state index in [1.165, 1.54) is 13.2 Å². The summed E-state index contributed by atoms with van der Waals surface area (Å²) in [7, 11) is 1.50. The summed E-state index contributed by atoms with van der Waals surface area (Å²) in [5, 5.41) is 11.1. The van der Waals surface area contributed by atoms with Gasteiger partial charge in [0.1, 0.15) is 6.61 Å². The van der Waals surface area contributed by atoms with Gasteiger partial charge in [0.2, 0.25) is 0 Å². The molecule has 1 aromatic carbocycles. The molecular formula is C14H23N3O4. The van der Waals surface area contributed by atoms with Crippen LogP contribution >= 0.6 is 0 Å². The molecule has 0 atom stereocenters. The second-order valence-corrected chi connectivity index (χ2v) is 4.47. The molecule has 0 heterocycles. The third-order valence-corrected chi connectivity index (χ3v) is 3.34. The van der Waals surface area contributed by atoms with Crippen LogP contribution in [0.15, 0.2) is 12.1 Å². The van der Waals surface area contributed by atoms with E-state index in [1.807, 2.05) is 0 Å². The van der Waals surface area contributed by atoms with Crippen molar-refractivity contribution in [3.05, 3.63) is 27.8 Å². The Kier molecular flexibility index (Phi) is 6.90. The number of hydrogen-bond acceptors (Lipinski definition) is 6. The number of nitro benzene ring substituents is 1. The summed E-state index contributed by atoms with van der Waals surface area (Å²) < 4.78 is 10.9. The van der Waals surface area contributed by atoms with Gasteiger partial charge in [-0.05, 0) is 19.2 Å². The van der Waals surface area contributed by atoms with E-state index in [9.17, 15) is 10.1 Å². The number of nitrogens with zero attached hydrogens (tertiary/aromatic N) is 2. The van der Waals surface area contributed by atoms with Crippen LogP contribution in [0.3, 0.4) is 0 Å². The number of benzene rings is 1. The number of hydrogen-bond donors (Lipinski definition) is 1. The molecule has 0 aliphatic carbocycles. The zero-order valence-corrected chi connectivity index (χ0v) is 12.8. The zero-order valence-electron chi connectivity index (χ0n) is 12.8. The minimum atomic E-state index is -0.459. The summed E-state index contributed by atoms with van der Waals surface area (Å²) in [6.07, 6.45) is 0. The molecule has 0 spiro atoms. The van der Waals surface area contributed by atoms with Crippen molar-refractivity contribution < 1.29 is 14.4 Å². The standard InChI is InChI=1S/C14H23N3O4/c1-4-16(5-2)6-7-21-14-9-12(17(18)19)11(10-15)8-13(14)20-3/h8-9H,4-7,10,15H2,1-3H3. The van der Waals surface area contributed by atoms with Crippen molar-refractivity contribution >= 4 is 5.69 Å². The Bertz CT molecular complexity index is 476. The normalized spacial score (nSPS) is 10.7. The molecule has 1 rings (SSSR count). The van der Waals surface area contributed by atoms with Crippen LogP contribution in [-0.2, 0) is 6.54 Å². The van der Waals surface area contributed by atoms with Gasteiger partial charge in [0.25, 0.3) is 5.69 Å². The lowest BCUT2D eigenvalue weighted by molar-refractivity contribution is -0.385. The molecule has 21 heavy (non-hydrogen) atoms. The van der Waals surface area contributed by atoms with Crippen LogP contribution in [0.1, 0.15) is 19.4 Å². The van der Waals surface area contributed by atoms with Crippen molar-refractivity contribution in [3.63, 3.8) is 0 Å². The fourth-order valence-electron chi connectivity index (χ4n) is 2.02. The molecule has 0 amide bonds. The number of nitro groups is 1. The van der Waals surface area contributed by atoms with Crippen LogP contribution < -0.4 is 15.2 Å². The van der Waals surface area contributed by atoms with E-state index in [-0.39, 0.29) is 12.2 Å². The van der Waals surface area contributed by atoms with Gasteiger partial charge >= 0.3 is 0 Å². The van der Waals surface area contributed by atoms with Gasteiger partial charge in [0.15, 0.2) is 11.5 Å². The van der Waals surface area contributed by atoms with Crippen molar-refractivity contribution in [3.8, 4) is 11.5 Å². The van der Waals surface area contributed by atoms with Crippen LogP contribution in [-0.4, -0.2) is 43.2 Å². The molecule has 0 unspecified atom stereocenters. The third kappa shape index (κ3) is 4.57. The molecule has 0 fully saturated rings. The van der Waals surface area contributed by atoms with E-state index in [0.29, 0.717) is 23.7 Å². The molecule has 0 bridgehead atoms. The second kappa shape index (κ2) is 8.43. The van der Waals surface area contributed by atoms with E-state index >= 15 is 0 Å². The maximum Gasteiger partial charge on any atom is 0.277 e. The number of rotatable bonds is 9. The number of ether oxygens (including phenoxy) is 2.